The maximum absolute atomic E-state index is 11.6. The second-order valence-electron chi connectivity index (χ2n) is 3.68. The first-order chi connectivity index (χ1) is 8.80. The lowest BCUT2D eigenvalue weighted by Gasteiger charge is -2.14. The van der Waals surface area contributed by atoms with Crippen LogP contribution in [0.25, 0.3) is 0 Å². The molecule has 1 aliphatic rings. The summed E-state index contributed by atoms with van der Waals surface area (Å²) in [6, 6.07) is 5.13. The van der Waals surface area contributed by atoms with Gasteiger partial charge < -0.3 is 5.11 Å². The van der Waals surface area contributed by atoms with Crippen LogP contribution in [0.3, 0.4) is 0 Å². The summed E-state index contributed by atoms with van der Waals surface area (Å²) >= 11 is 0. The van der Waals surface area contributed by atoms with Crippen molar-refractivity contribution in [3.63, 3.8) is 0 Å². The van der Waals surface area contributed by atoms with E-state index in [2.05, 4.69) is 5.10 Å². The number of para-hydroxylation sites is 1. The fourth-order valence-electron chi connectivity index (χ4n) is 1.59. The highest BCUT2D eigenvalue weighted by Gasteiger charge is 2.32. The van der Waals surface area contributed by atoms with Crippen LogP contribution in [-0.4, -0.2) is 35.7 Å². The predicted octanol–water partition coefficient (Wildman–Crippen LogP) is 0.111. The zero-order valence-corrected chi connectivity index (χ0v) is 10.2. The Morgan fingerprint density at radius 3 is 2.47 bits per heavy atom. The van der Waals surface area contributed by atoms with Gasteiger partial charge in [0.2, 0.25) is 0 Å². The molecule has 1 aromatic carbocycles. The highest BCUT2D eigenvalue weighted by molar-refractivity contribution is 7.86. The maximum Gasteiger partial charge on any atom is 0.352 e. The second kappa shape index (κ2) is 4.44. The van der Waals surface area contributed by atoms with E-state index in [4.69, 9.17) is 9.66 Å². The van der Waals surface area contributed by atoms with Gasteiger partial charge in [0.25, 0.3) is 16.0 Å². The lowest BCUT2D eigenvalue weighted by molar-refractivity contribution is -0.129. The summed E-state index contributed by atoms with van der Waals surface area (Å²) in [7, 11) is -4.54. The number of carbonyl (C=O) groups is 2. The van der Waals surface area contributed by atoms with Crippen LogP contribution in [0.1, 0.15) is 6.42 Å². The number of benzene rings is 1. The van der Waals surface area contributed by atoms with E-state index in [1.165, 1.54) is 18.2 Å². The Hall–Kier alpha value is -2.26. The Balaban J connectivity index is 2.55. The third-order valence-electron chi connectivity index (χ3n) is 2.39. The molecule has 1 heterocycles. The van der Waals surface area contributed by atoms with Crippen LogP contribution in [0.15, 0.2) is 34.3 Å². The van der Waals surface area contributed by atoms with Crippen molar-refractivity contribution in [2.75, 3.05) is 5.01 Å². The Labute approximate surface area is 107 Å². The molecule has 0 atom stereocenters. The van der Waals surface area contributed by atoms with Gasteiger partial charge in [-0.3, -0.25) is 9.35 Å². The molecular formula is C10H8N2O6S. The highest BCUT2D eigenvalue weighted by Crippen LogP contribution is 2.28. The van der Waals surface area contributed by atoms with Crippen molar-refractivity contribution in [2.24, 2.45) is 5.10 Å². The third kappa shape index (κ3) is 2.46. The molecule has 2 N–H and O–H groups in total. The second-order valence-corrected chi connectivity index (χ2v) is 5.07. The SMILES string of the molecule is O=C(O)C1=NN(c2ccccc2S(=O)(=O)O)C(=O)C1. The van der Waals surface area contributed by atoms with Crippen LogP contribution in [0, 0.1) is 0 Å². The van der Waals surface area contributed by atoms with Gasteiger partial charge in [-0.15, -0.1) is 0 Å². The van der Waals surface area contributed by atoms with Crippen molar-refractivity contribution < 1.29 is 27.7 Å². The van der Waals surface area contributed by atoms with Crippen molar-refractivity contribution in [1.82, 2.24) is 0 Å². The van der Waals surface area contributed by atoms with Crippen LogP contribution >= 0.6 is 0 Å². The molecule has 8 nitrogen and oxygen atoms in total. The van der Waals surface area contributed by atoms with E-state index in [0.717, 1.165) is 6.07 Å². The summed E-state index contributed by atoms with van der Waals surface area (Å²) in [6.45, 7) is 0. The van der Waals surface area contributed by atoms with Crippen LogP contribution in [0.5, 0.6) is 0 Å². The third-order valence-corrected chi connectivity index (χ3v) is 3.29. The fraction of sp³-hybridized carbons (Fsp3) is 0.100. The lowest BCUT2D eigenvalue weighted by Crippen LogP contribution is -2.21. The maximum atomic E-state index is 11.6. The van der Waals surface area contributed by atoms with Gasteiger partial charge in [0.1, 0.15) is 4.90 Å². The van der Waals surface area contributed by atoms with Gasteiger partial charge in [0.05, 0.1) is 12.1 Å². The van der Waals surface area contributed by atoms with Gasteiger partial charge in [-0.25, -0.2) is 4.79 Å². The van der Waals surface area contributed by atoms with Crippen LogP contribution in [0.2, 0.25) is 0 Å². The molecule has 0 aliphatic carbocycles. The first-order valence-electron chi connectivity index (χ1n) is 5.01. The molecule has 0 saturated carbocycles. The quantitative estimate of drug-likeness (QED) is 0.759. The summed E-state index contributed by atoms with van der Waals surface area (Å²) < 4.78 is 31.4. The Kier molecular flexibility index (Phi) is 3.08. The molecule has 0 aromatic heterocycles. The Morgan fingerprint density at radius 1 is 1.32 bits per heavy atom. The smallest absolute Gasteiger partial charge is 0.352 e. The molecule has 1 aromatic rings. The number of nitrogens with zero attached hydrogens (tertiary/aromatic N) is 2. The average Bonchev–Trinajstić information content (AvgIpc) is 2.70. The molecule has 2 rings (SSSR count). The van der Waals surface area contributed by atoms with Crippen LogP contribution < -0.4 is 5.01 Å². The summed E-state index contributed by atoms with van der Waals surface area (Å²) in [4.78, 5) is 21.9. The van der Waals surface area contributed by atoms with Crippen molar-refractivity contribution in [1.29, 1.82) is 0 Å². The van der Waals surface area contributed by atoms with Gasteiger partial charge >= 0.3 is 5.97 Å². The van der Waals surface area contributed by atoms with Crippen LogP contribution in [0.4, 0.5) is 5.69 Å². The monoisotopic (exact) mass is 284 g/mol. The van der Waals surface area contributed by atoms with Crippen molar-refractivity contribution in [2.45, 2.75) is 11.3 Å². The topological polar surface area (TPSA) is 124 Å². The van der Waals surface area contributed by atoms with Gasteiger partial charge in [0.15, 0.2) is 5.71 Å². The zero-order valence-electron chi connectivity index (χ0n) is 9.35. The fourth-order valence-corrected chi connectivity index (χ4v) is 2.26. The van der Waals surface area contributed by atoms with Gasteiger partial charge in [-0.05, 0) is 12.1 Å². The van der Waals surface area contributed by atoms with E-state index in [1.807, 2.05) is 0 Å². The Morgan fingerprint density at radius 2 is 1.95 bits per heavy atom. The first kappa shape index (κ1) is 13.2. The summed E-state index contributed by atoms with van der Waals surface area (Å²) in [5.74, 6) is -2.05. The van der Waals surface area contributed by atoms with E-state index in [9.17, 15) is 18.0 Å². The predicted molar refractivity (Wildman–Crippen MR) is 63.4 cm³/mol. The molecule has 100 valence electrons. The summed E-state index contributed by atoms with van der Waals surface area (Å²) in [5, 5.41) is 12.9. The molecule has 19 heavy (non-hydrogen) atoms. The first-order valence-corrected chi connectivity index (χ1v) is 6.45. The van der Waals surface area contributed by atoms with Gasteiger partial charge in [-0.1, -0.05) is 12.1 Å². The van der Waals surface area contributed by atoms with E-state index in [1.54, 1.807) is 0 Å². The number of rotatable bonds is 3. The van der Waals surface area contributed by atoms with E-state index >= 15 is 0 Å². The highest BCUT2D eigenvalue weighted by atomic mass is 32.2. The number of aliphatic carboxylic acids is 1. The summed E-state index contributed by atoms with van der Waals surface area (Å²) in [5.41, 5.74) is -0.582. The number of carbonyl (C=O) groups excluding carboxylic acids is 1. The molecular weight excluding hydrogens is 276 g/mol. The molecule has 0 bridgehead atoms. The van der Waals surface area contributed by atoms with E-state index in [-0.39, 0.29) is 5.69 Å². The van der Waals surface area contributed by atoms with Crippen molar-refractivity contribution in [3.05, 3.63) is 24.3 Å². The Bertz CT molecular complexity index is 694. The largest absolute Gasteiger partial charge is 0.477 e. The average molecular weight is 284 g/mol. The number of carboxylic acids is 1. The number of hydrogen-bond acceptors (Lipinski definition) is 5. The van der Waals surface area contributed by atoms with Gasteiger partial charge in [0, 0.05) is 0 Å². The van der Waals surface area contributed by atoms with E-state index in [0.29, 0.717) is 5.01 Å². The number of hydrazone groups is 1. The number of carboxylic acid groups (broad SMARTS) is 1. The molecule has 0 unspecified atom stereocenters. The number of anilines is 1. The normalized spacial score (nSPS) is 15.5. The van der Waals surface area contributed by atoms with Crippen molar-refractivity contribution in [3.8, 4) is 0 Å². The minimum absolute atomic E-state index is 0.189. The molecule has 1 aliphatic heterocycles. The lowest BCUT2D eigenvalue weighted by atomic mass is 10.2. The van der Waals surface area contributed by atoms with Crippen molar-refractivity contribution >= 4 is 33.4 Å². The number of hydrogen-bond donors (Lipinski definition) is 2. The van der Waals surface area contributed by atoms with E-state index < -0.39 is 39.0 Å². The number of amides is 1. The minimum Gasteiger partial charge on any atom is -0.477 e. The summed E-state index contributed by atoms with van der Waals surface area (Å²) in [6.07, 6.45) is -0.435. The molecule has 0 fully saturated rings. The zero-order chi connectivity index (χ0) is 14.2. The minimum atomic E-state index is -4.54. The molecule has 1 amide bonds. The van der Waals surface area contributed by atoms with Crippen LogP contribution in [-0.2, 0) is 19.7 Å². The molecule has 0 spiro atoms. The molecule has 9 heteroatoms. The molecule has 0 radical (unpaired) electrons. The van der Waals surface area contributed by atoms with Gasteiger partial charge in [-0.2, -0.15) is 18.5 Å². The standard InChI is InChI=1S/C10H8N2O6S/c13-9-5-6(10(14)15)11-12(9)7-3-1-2-4-8(7)19(16,17)18/h1-4H,5H2,(H,14,15)(H,16,17,18). The molecule has 0 saturated heterocycles.